The molecular weight excluding hydrogens is 343 g/mol. The van der Waals surface area contributed by atoms with Crippen molar-refractivity contribution >= 4 is 11.4 Å². The average molecular weight is 370 g/mol. The van der Waals surface area contributed by atoms with Gasteiger partial charge in [-0.3, -0.25) is 5.10 Å². The summed E-state index contributed by atoms with van der Waals surface area (Å²) in [5, 5.41) is 15.7. The summed E-state index contributed by atoms with van der Waals surface area (Å²) in [4.78, 5) is 6.60. The molecule has 4 N–H and O–H groups in total. The van der Waals surface area contributed by atoms with Crippen LogP contribution in [0.3, 0.4) is 0 Å². The van der Waals surface area contributed by atoms with Crippen molar-refractivity contribution in [2.45, 2.75) is 20.3 Å². The summed E-state index contributed by atoms with van der Waals surface area (Å²) < 4.78 is 13.3. The minimum atomic E-state index is -0.331. The molecule has 1 unspecified atom stereocenters. The molecule has 0 saturated carbocycles. The number of aromatic amines is 1. The topological polar surface area (TPSA) is 94.7 Å². The van der Waals surface area contributed by atoms with E-state index in [1.807, 2.05) is 33.2 Å². The van der Waals surface area contributed by atoms with Crippen LogP contribution in [0.1, 0.15) is 25.2 Å². The molecule has 6 nitrogen and oxygen atoms in total. The Morgan fingerprint density at radius 2 is 2.15 bits per heavy atom. The second-order valence-corrected chi connectivity index (χ2v) is 6.70. The first-order valence-corrected chi connectivity index (χ1v) is 8.86. The van der Waals surface area contributed by atoms with E-state index in [4.69, 9.17) is 11.1 Å². The maximum Gasteiger partial charge on any atom is 0.181 e. The first-order chi connectivity index (χ1) is 12.8. The molecule has 0 saturated heterocycles. The van der Waals surface area contributed by atoms with Crippen molar-refractivity contribution in [3.05, 3.63) is 53.6 Å². The number of rotatable bonds is 8. The molecule has 0 aliphatic rings. The van der Waals surface area contributed by atoms with Crippen molar-refractivity contribution in [1.29, 1.82) is 5.41 Å². The van der Waals surface area contributed by atoms with E-state index in [2.05, 4.69) is 20.1 Å². The van der Waals surface area contributed by atoms with Crippen molar-refractivity contribution in [2.75, 3.05) is 26.4 Å². The molecule has 0 spiro atoms. The monoisotopic (exact) mass is 370 g/mol. The third-order valence-corrected chi connectivity index (χ3v) is 4.20. The SMILES string of the molecule is C/C=C(F)\C=C/C(C)C(=N)c1cc(-c2n[nH]c(CCN(C)C)n2)ccc1N. The van der Waals surface area contributed by atoms with E-state index in [1.165, 1.54) is 12.2 Å². The molecule has 0 bridgehead atoms. The number of likely N-dealkylation sites (N-methyl/N-ethyl adjacent to an activating group) is 1. The van der Waals surface area contributed by atoms with Crippen LogP contribution in [0.5, 0.6) is 0 Å². The number of hydrogen-bond acceptors (Lipinski definition) is 5. The molecule has 0 aliphatic heterocycles. The van der Waals surface area contributed by atoms with Gasteiger partial charge in [0.1, 0.15) is 11.7 Å². The van der Waals surface area contributed by atoms with Gasteiger partial charge < -0.3 is 16.0 Å². The molecule has 144 valence electrons. The lowest BCUT2D eigenvalue weighted by Crippen LogP contribution is -2.15. The summed E-state index contributed by atoms with van der Waals surface area (Å²) in [6.07, 6.45) is 5.16. The zero-order valence-electron chi connectivity index (χ0n) is 16.3. The summed E-state index contributed by atoms with van der Waals surface area (Å²) >= 11 is 0. The molecule has 0 amide bonds. The van der Waals surface area contributed by atoms with Gasteiger partial charge in [0.15, 0.2) is 5.82 Å². The van der Waals surface area contributed by atoms with Crippen LogP contribution in [0.15, 0.2) is 42.3 Å². The third kappa shape index (κ3) is 5.59. The number of H-pyrrole nitrogens is 1. The molecule has 1 aromatic heterocycles. The highest BCUT2D eigenvalue weighted by molar-refractivity contribution is 6.05. The lowest BCUT2D eigenvalue weighted by Gasteiger charge is -2.12. The largest absolute Gasteiger partial charge is 0.398 e. The van der Waals surface area contributed by atoms with Crippen LogP contribution in [0.2, 0.25) is 0 Å². The molecule has 0 aliphatic carbocycles. The number of allylic oxidation sites excluding steroid dienone is 4. The van der Waals surface area contributed by atoms with Gasteiger partial charge in [0.05, 0.1) is 0 Å². The second kappa shape index (κ2) is 9.23. The van der Waals surface area contributed by atoms with E-state index in [0.717, 1.165) is 24.4 Å². The fraction of sp³-hybridized carbons (Fsp3) is 0.350. The molecule has 1 atom stereocenters. The average Bonchev–Trinajstić information content (AvgIpc) is 3.13. The molecule has 7 heteroatoms. The Morgan fingerprint density at radius 3 is 2.81 bits per heavy atom. The normalized spacial score (nSPS) is 13.5. The zero-order chi connectivity index (χ0) is 20.0. The van der Waals surface area contributed by atoms with E-state index in [-0.39, 0.29) is 11.7 Å². The van der Waals surface area contributed by atoms with Gasteiger partial charge in [-0.2, -0.15) is 5.10 Å². The summed E-state index contributed by atoms with van der Waals surface area (Å²) in [6.45, 7) is 4.33. The van der Waals surface area contributed by atoms with Gasteiger partial charge in [-0.15, -0.1) is 0 Å². The Morgan fingerprint density at radius 1 is 1.41 bits per heavy atom. The number of benzene rings is 1. The number of nitrogens with two attached hydrogens (primary N) is 1. The van der Waals surface area contributed by atoms with Crippen molar-refractivity contribution < 1.29 is 4.39 Å². The van der Waals surface area contributed by atoms with Gasteiger partial charge >= 0.3 is 0 Å². The number of hydrogen-bond donors (Lipinski definition) is 3. The van der Waals surface area contributed by atoms with Crippen LogP contribution in [0, 0.1) is 11.3 Å². The van der Waals surface area contributed by atoms with Gasteiger partial charge in [0.2, 0.25) is 0 Å². The summed E-state index contributed by atoms with van der Waals surface area (Å²) in [5.74, 6) is 0.768. The Labute approximate surface area is 159 Å². The molecule has 27 heavy (non-hydrogen) atoms. The molecule has 1 heterocycles. The summed E-state index contributed by atoms with van der Waals surface area (Å²) in [7, 11) is 4.01. The maximum atomic E-state index is 13.3. The smallest absolute Gasteiger partial charge is 0.181 e. The Balaban J connectivity index is 2.23. The molecule has 2 aromatic rings. The van der Waals surface area contributed by atoms with Crippen molar-refractivity contribution in [3.8, 4) is 11.4 Å². The highest BCUT2D eigenvalue weighted by atomic mass is 19.1. The van der Waals surface area contributed by atoms with Crippen molar-refractivity contribution in [3.63, 3.8) is 0 Å². The number of nitrogens with zero attached hydrogens (tertiary/aromatic N) is 3. The van der Waals surface area contributed by atoms with Gasteiger partial charge in [-0.25, -0.2) is 9.37 Å². The standard InChI is InChI=1S/C20H27FN6/c1-5-15(21)8-6-13(2)19(23)16-12-14(7-9-17(16)22)20-24-18(25-26-20)10-11-27(3)4/h5-9,12-13,23H,10-11,22H2,1-4H3,(H,24,25,26)/b8-6-,15-5+,23-19?. The fourth-order valence-corrected chi connectivity index (χ4v) is 2.47. The highest BCUT2D eigenvalue weighted by Crippen LogP contribution is 2.24. The molecule has 1 aromatic carbocycles. The first-order valence-electron chi connectivity index (χ1n) is 8.86. The van der Waals surface area contributed by atoms with Crippen LogP contribution in [-0.4, -0.2) is 46.4 Å². The number of aromatic nitrogens is 3. The van der Waals surface area contributed by atoms with Crippen LogP contribution in [0.25, 0.3) is 11.4 Å². The first kappa shape index (κ1) is 20.5. The Hall–Kier alpha value is -2.80. The zero-order valence-corrected chi connectivity index (χ0v) is 16.3. The molecular formula is C20H27FN6. The number of nitrogen functional groups attached to an aromatic ring is 1. The van der Waals surface area contributed by atoms with Gasteiger partial charge in [-0.05, 0) is 45.3 Å². The predicted molar refractivity (Wildman–Crippen MR) is 108 cm³/mol. The number of nitrogens with one attached hydrogen (secondary N) is 2. The number of anilines is 1. The van der Waals surface area contributed by atoms with E-state index >= 15 is 0 Å². The Kier molecular flexibility index (Phi) is 7.01. The van der Waals surface area contributed by atoms with Gasteiger partial charge in [-0.1, -0.05) is 19.1 Å². The lowest BCUT2D eigenvalue weighted by atomic mass is 9.95. The predicted octanol–water partition coefficient (Wildman–Crippen LogP) is 3.59. The van der Waals surface area contributed by atoms with Crippen LogP contribution in [0.4, 0.5) is 10.1 Å². The minimum Gasteiger partial charge on any atom is -0.398 e. The third-order valence-electron chi connectivity index (χ3n) is 4.20. The lowest BCUT2D eigenvalue weighted by molar-refractivity contribution is 0.410. The van der Waals surface area contributed by atoms with E-state index in [0.29, 0.717) is 22.8 Å². The van der Waals surface area contributed by atoms with E-state index < -0.39 is 0 Å². The minimum absolute atomic E-state index is 0.281. The van der Waals surface area contributed by atoms with Gasteiger partial charge in [0, 0.05) is 41.4 Å². The number of halogens is 1. The van der Waals surface area contributed by atoms with Crippen LogP contribution < -0.4 is 5.73 Å². The fourth-order valence-electron chi connectivity index (χ4n) is 2.47. The van der Waals surface area contributed by atoms with E-state index in [1.54, 1.807) is 19.1 Å². The van der Waals surface area contributed by atoms with Crippen molar-refractivity contribution in [2.24, 2.45) is 5.92 Å². The van der Waals surface area contributed by atoms with Crippen LogP contribution >= 0.6 is 0 Å². The van der Waals surface area contributed by atoms with Crippen LogP contribution in [-0.2, 0) is 6.42 Å². The van der Waals surface area contributed by atoms with Gasteiger partial charge in [0.25, 0.3) is 0 Å². The highest BCUT2D eigenvalue weighted by Gasteiger charge is 2.15. The Bertz CT molecular complexity index is 850. The summed E-state index contributed by atoms with van der Waals surface area (Å²) in [6, 6.07) is 5.40. The quantitative estimate of drug-likeness (QED) is 0.376. The molecule has 2 rings (SSSR count). The maximum absolute atomic E-state index is 13.3. The van der Waals surface area contributed by atoms with Crippen molar-refractivity contribution in [1.82, 2.24) is 20.1 Å². The molecule has 0 radical (unpaired) electrons. The van der Waals surface area contributed by atoms with E-state index in [9.17, 15) is 4.39 Å². The summed E-state index contributed by atoms with van der Waals surface area (Å²) in [5.41, 5.74) is 8.27. The molecule has 0 fully saturated rings. The second-order valence-electron chi connectivity index (χ2n) is 6.70.